The van der Waals surface area contributed by atoms with Crippen LogP contribution in [0.1, 0.15) is 43.6 Å². The first-order valence-electron chi connectivity index (χ1n) is 6.89. The highest BCUT2D eigenvalue weighted by molar-refractivity contribution is 7.15. The number of hydrogen-bond acceptors (Lipinski definition) is 6. The lowest BCUT2D eigenvalue weighted by Crippen LogP contribution is -2.45. The van der Waals surface area contributed by atoms with Gasteiger partial charge in [0.05, 0.1) is 5.54 Å². The Morgan fingerprint density at radius 1 is 1.38 bits per heavy atom. The van der Waals surface area contributed by atoms with Crippen LogP contribution in [0.5, 0.6) is 0 Å². The van der Waals surface area contributed by atoms with E-state index in [1.807, 2.05) is 19.2 Å². The maximum atomic E-state index is 12.1. The Morgan fingerprint density at radius 3 is 2.81 bits per heavy atom. The molecule has 0 radical (unpaired) electrons. The third-order valence-corrected chi connectivity index (χ3v) is 5.09. The Kier molecular flexibility index (Phi) is 5.24. The largest absolute Gasteiger partial charge is 0.326 e. The highest BCUT2D eigenvalue weighted by Gasteiger charge is 2.29. The molecule has 2 heterocycles. The summed E-state index contributed by atoms with van der Waals surface area (Å²) in [6.07, 6.45) is 4.39. The van der Waals surface area contributed by atoms with Gasteiger partial charge in [0.1, 0.15) is 10.0 Å². The van der Waals surface area contributed by atoms with Crippen molar-refractivity contribution in [3.05, 3.63) is 21.6 Å². The first-order chi connectivity index (χ1) is 10.1. The molecule has 0 bridgehead atoms. The molecule has 0 aliphatic rings. The Labute approximate surface area is 132 Å². The number of anilines is 1. The molecular weight excluding hydrogens is 306 g/mol. The first-order valence-corrected chi connectivity index (χ1v) is 8.58. The van der Waals surface area contributed by atoms with Crippen molar-refractivity contribution in [2.45, 2.75) is 45.6 Å². The molecule has 1 atom stereocenters. The van der Waals surface area contributed by atoms with Crippen LogP contribution in [0.3, 0.4) is 0 Å². The van der Waals surface area contributed by atoms with Crippen LogP contribution in [0.4, 0.5) is 9.93 Å². The van der Waals surface area contributed by atoms with Crippen molar-refractivity contribution in [3.63, 3.8) is 0 Å². The lowest BCUT2D eigenvalue weighted by Gasteiger charge is -2.27. The van der Waals surface area contributed by atoms with Crippen molar-refractivity contribution in [2.24, 2.45) is 0 Å². The van der Waals surface area contributed by atoms with Crippen LogP contribution in [0, 0.1) is 0 Å². The van der Waals surface area contributed by atoms with Crippen molar-refractivity contribution >= 4 is 33.8 Å². The fourth-order valence-corrected chi connectivity index (χ4v) is 3.45. The summed E-state index contributed by atoms with van der Waals surface area (Å²) in [5, 5.41) is 18.0. The average Bonchev–Trinajstić information content (AvgIpc) is 3.11. The summed E-state index contributed by atoms with van der Waals surface area (Å²) in [6, 6.07) is -0.284. The van der Waals surface area contributed by atoms with Gasteiger partial charge in [0.25, 0.3) is 0 Å². The summed E-state index contributed by atoms with van der Waals surface area (Å²) in [6.45, 7) is 6.07. The van der Waals surface area contributed by atoms with Crippen molar-refractivity contribution in [1.82, 2.24) is 20.5 Å². The zero-order valence-corrected chi connectivity index (χ0v) is 14.0. The molecule has 2 amide bonds. The van der Waals surface area contributed by atoms with Crippen LogP contribution in [-0.2, 0) is 12.0 Å². The number of nitrogens with zero attached hydrogens (tertiary/aromatic N) is 3. The van der Waals surface area contributed by atoms with Crippen LogP contribution in [0.2, 0.25) is 0 Å². The molecular formula is C13H19N5OS2. The van der Waals surface area contributed by atoms with Gasteiger partial charge < -0.3 is 5.32 Å². The lowest BCUT2D eigenvalue weighted by atomic mass is 10.0. The predicted octanol–water partition coefficient (Wildman–Crippen LogP) is 3.39. The summed E-state index contributed by atoms with van der Waals surface area (Å²) in [5.74, 6) is 0. The molecule has 0 saturated heterocycles. The van der Waals surface area contributed by atoms with E-state index in [0.717, 1.165) is 29.3 Å². The summed E-state index contributed by atoms with van der Waals surface area (Å²) >= 11 is 2.94. The Morgan fingerprint density at radius 2 is 2.19 bits per heavy atom. The van der Waals surface area contributed by atoms with Crippen LogP contribution in [-0.4, -0.2) is 21.2 Å². The van der Waals surface area contributed by atoms with Gasteiger partial charge in [-0.3, -0.25) is 5.32 Å². The number of thiazole rings is 1. The minimum Gasteiger partial charge on any atom is -0.326 e. The van der Waals surface area contributed by atoms with Crippen LogP contribution in [0.15, 0.2) is 11.6 Å². The molecule has 0 unspecified atom stereocenters. The van der Waals surface area contributed by atoms with Crippen molar-refractivity contribution < 1.29 is 4.79 Å². The van der Waals surface area contributed by atoms with Crippen LogP contribution >= 0.6 is 22.7 Å². The normalized spacial score (nSPS) is 13.7. The minimum absolute atomic E-state index is 0.284. The second-order valence-corrected chi connectivity index (χ2v) is 6.81. The van der Waals surface area contributed by atoms with Gasteiger partial charge in [-0.2, -0.15) is 0 Å². The number of hydrogen-bond donors (Lipinski definition) is 2. The molecule has 2 aromatic rings. The van der Waals surface area contributed by atoms with Gasteiger partial charge >= 0.3 is 6.03 Å². The van der Waals surface area contributed by atoms with Gasteiger partial charge in [0.15, 0.2) is 0 Å². The van der Waals surface area contributed by atoms with E-state index in [4.69, 9.17) is 0 Å². The molecule has 21 heavy (non-hydrogen) atoms. The van der Waals surface area contributed by atoms with E-state index in [9.17, 15) is 4.79 Å². The molecule has 0 aliphatic carbocycles. The molecule has 8 heteroatoms. The molecule has 0 spiro atoms. The van der Waals surface area contributed by atoms with Gasteiger partial charge in [-0.25, -0.2) is 9.78 Å². The van der Waals surface area contributed by atoms with E-state index >= 15 is 0 Å². The molecule has 0 aliphatic heterocycles. The van der Waals surface area contributed by atoms with E-state index in [0.29, 0.717) is 5.13 Å². The topological polar surface area (TPSA) is 79.8 Å². The summed E-state index contributed by atoms with van der Waals surface area (Å²) in [7, 11) is 0. The Hall–Kier alpha value is -1.54. The number of nitrogens with one attached hydrogen (secondary N) is 2. The summed E-state index contributed by atoms with van der Waals surface area (Å²) in [5.41, 5.74) is -0.477. The summed E-state index contributed by atoms with van der Waals surface area (Å²) < 4.78 is 0. The van der Waals surface area contributed by atoms with Gasteiger partial charge in [0, 0.05) is 18.0 Å². The number of amides is 2. The second-order valence-electron chi connectivity index (χ2n) is 4.85. The highest BCUT2D eigenvalue weighted by atomic mass is 32.1. The molecule has 6 nitrogen and oxygen atoms in total. The second kappa shape index (κ2) is 6.95. The van der Waals surface area contributed by atoms with Gasteiger partial charge in [0.2, 0.25) is 5.13 Å². The van der Waals surface area contributed by atoms with E-state index in [-0.39, 0.29) is 6.03 Å². The fraction of sp³-hybridized carbons (Fsp3) is 0.538. The van der Waals surface area contributed by atoms with Crippen molar-refractivity contribution in [3.8, 4) is 0 Å². The number of urea groups is 1. The summed E-state index contributed by atoms with van der Waals surface area (Å²) in [4.78, 5) is 16.4. The molecule has 0 fully saturated rings. The third-order valence-electron chi connectivity index (χ3n) is 3.15. The average molecular weight is 325 g/mol. The maximum absolute atomic E-state index is 12.1. The molecule has 0 saturated carbocycles. The van der Waals surface area contributed by atoms with E-state index < -0.39 is 5.54 Å². The van der Waals surface area contributed by atoms with Crippen LogP contribution in [0.25, 0.3) is 0 Å². The van der Waals surface area contributed by atoms with Crippen molar-refractivity contribution in [2.75, 3.05) is 5.32 Å². The molecule has 0 aromatic carbocycles. The lowest BCUT2D eigenvalue weighted by molar-refractivity contribution is 0.237. The monoisotopic (exact) mass is 325 g/mol. The first kappa shape index (κ1) is 15.8. The van der Waals surface area contributed by atoms with E-state index in [1.165, 1.54) is 22.7 Å². The number of carbonyl (C=O) groups excluding carboxylic acids is 1. The Bertz CT molecular complexity index is 583. The molecule has 2 rings (SSSR count). The SMILES string of the molecule is CCCc1nnc(NC(=O)N[C@](C)(CC)c2nccs2)s1. The van der Waals surface area contributed by atoms with Gasteiger partial charge in [-0.1, -0.05) is 25.2 Å². The molecule has 114 valence electrons. The number of aromatic nitrogens is 3. The standard InChI is InChI=1S/C13H19N5OS2/c1-4-6-9-17-18-12(21-9)15-11(19)16-13(3,5-2)10-14-7-8-20-10/h7-8H,4-6H2,1-3H3,(H2,15,16,18,19)/t13-/m1/s1. The zero-order chi connectivity index (χ0) is 15.3. The van der Waals surface area contributed by atoms with Crippen molar-refractivity contribution in [1.29, 1.82) is 0 Å². The van der Waals surface area contributed by atoms with E-state index in [1.54, 1.807) is 6.20 Å². The molecule has 2 N–H and O–H groups in total. The molecule has 2 aromatic heterocycles. The smallest absolute Gasteiger partial charge is 0.321 e. The number of rotatable bonds is 6. The van der Waals surface area contributed by atoms with Gasteiger partial charge in [-0.15, -0.1) is 21.5 Å². The van der Waals surface area contributed by atoms with Crippen LogP contribution < -0.4 is 10.6 Å². The predicted molar refractivity (Wildman–Crippen MR) is 85.8 cm³/mol. The number of carbonyl (C=O) groups is 1. The minimum atomic E-state index is -0.477. The fourth-order valence-electron chi connectivity index (χ4n) is 1.79. The third kappa shape index (κ3) is 3.98. The van der Waals surface area contributed by atoms with E-state index in [2.05, 4.69) is 32.7 Å². The Balaban J connectivity index is 1.99. The number of aryl methyl sites for hydroxylation is 1. The quantitative estimate of drug-likeness (QED) is 0.853. The maximum Gasteiger partial charge on any atom is 0.321 e. The zero-order valence-electron chi connectivity index (χ0n) is 12.3. The highest BCUT2D eigenvalue weighted by Crippen LogP contribution is 2.26. The van der Waals surface area contributed by atoms with Gasteiger partial charge in [-0.05, 0) is 19.8 Å².